The van der Waals surface area contributed by atoms with Crippen LogP contribution in [0, 0.1) is 11.8 Å². The number of hydrogen-bond donors (Lipinski definition) is 1. The number of thioether (sulfide) groups is 1. The number of fused-ring (bicyclic) bond motifs is 1. The van der Waals surface area contributed by atoms with Gasteiger partial charge in [0.15, 0.2) is 0 Å². The highest BCUT2D eigenvalue weighted by atomic mass is 35.5. The van der Waals surface area contributed by atoms with Crippen molar-refractivity contribution >= 4 is 51.6 Å². The number of carbonyl (C=O) groups is 1. The Labute approximate surface area is 218 Å². The fourth-order valence-corrected chi connectivity index (χ4v) is 7.07. The van der Waals surface area contributed by atoms with Crippen LogP contribution in [0.1, 0.15) is 37.4 Å². The van der Waals surface area contributed by atoms with Crippen molar-refractivity contribution in [1.82, 2.24) is 9.88 Å². The van der Waals surface area contributed by atoms with Crippen LogP contribution in [0.5, 0.6) is 5.75 Å². The maximum Gasteiger partial charge on any atom is 0.303 e. The van der Waals surface area contributed by atoms with E-state index >= 15 is 4.39 Å². The Hall–Kier alpha value is -1.87. The summed E-state index contributed by atoms with van der Waals surface area (Å²) in [5.74, 6) is 1.01. The lowest BCUT2D eigenvalue weighted by atomic mass is 9.79. The van der Waals surface area contributed by atoms with E-state index in [-0.39, 0.29) is 18.3 Å². The van der Waals surface area contributed by atoms with Gasteiger partial charge in [-0.3, -0.25) is 9.78 Å². The Morgan fingerprint density at radius 3 is 3.00 bits per heavy atom. The molecule has 188 valence electrons. The normalized spacial score (nSPS) is 19.6. The Balaban J connectivity index is 1.39. The van der Waals surface area contributed by atoms with Crippen LogP contribution >= 0.6 is 34.7 Å². The van der Waals surface area contributed by atoms with Crippen LogP contribution in [0.25, 0.3) is 10.9 Å². The van der Waals surface area contributed by atoms with Gasteiger partial charge < -0.3 is 14.7 Å². The van der Waals surface area contributed by atoms with E-state index in [0.717, 1.165) is 31.8 Å². The highest BCUT2D eigenvalue weighted by Crippen LogP contribution is 2.39. The van der Waals surface area contributed by atoms with E-state index in [0.29, 0.717) is 40.1 Å². The Morgan fingerprint density at radius 1 is 1.40 bits per heavy atom. The number of carboxylic acids is 1. The van der Waals surface area contributed by atoms with Crippen LogP contribution in [0.15, 0.2) is 46.1 Å². The summed E-state index contributed by atoms with van der Waals surface area (Å²) in [5, 5.41) is 12.5. The summed E-state index contributed by atoms with van der Waals surface area (Å²) in [6.07, 6.45) is 2.16. The van der Waals surface area contributed by atoms with Crippen molar-refractivity contribution < 1.29 is 19.0 Å². The SMILES string of the molecule is COc1ccc2ncc(Cl)c([C@H](F)CCC3CCN(CCSc4cccs4)CC3CC(=O)O)c2c1. The molecule has 0 amide bonds. The smallest absolute Gasteiger partial charge is 0.303 e. The fourth-order valence-electron chi connectivity index (χ4n) is 4.93. The lowest BCUT2D eigenvalue weighted by Gasteiger charge is -2.38. The zero-order valence-corrected chi connectivity index (χ0v) is 22.0. The molecule has 1 saturated heterocycles. The summed E-state index contributed by atoms with van der Waals surface area (Å²) in [5.41, 5.74) is 1.11. The molecule has 3 aromatic rings. The number of nitrogens with zero attached hydrogens (tertiary/aromatic N) is 2. The summed E-state index contributed by atoms with van der Waals surface area (Å²) in [4.78, 5) is 18.2. The number of ether oxygens (including phenoxy) is 1. The zero-order chi connectivity index (χ0) is 24.8. The number of likely N-dealkylation sites (tertiary alicyclic amines) is 1. The van der Waals surface area contributed by atoms with Crippen molar-refractivity contribution in [3.8, 4) is 5.75 Å². The monoisotopic (exact) mass is 536 g/mol. The van der Waals surface area contributed by atoms with Crippen molar-refractivity contribution in [2.75, 3.05) is 32.5 Å². The van der Waals surface area contributed by atoms with E-state index in [4.69, 9.17) is 16.3 Å². The number of hydrogen-bond acceptors (Lipinski definition) is 6. The van der Waals surface area contributed by atoms with Crippen molar-refractivity contribution in [3.05, 3.63) is 52.5 Å². The maximum atomic E-state index is 15.6. The number of thiophene rings is 1. The average Bonchev–Trinajstić information content (AvgIpc) is 3.36. The number of benzene rings is 1. The quantitative estimate of drug-likeness (QED) is 0.267. The molecule has 1 fully saturated rings. The lowest BCUT2D eigenvalue weighted by Crippen LogP contribution is -2.42. The molecule has 0 aliphatic carbocycles. The predicted octanol–water partition coefficient (Wildman–Crippen LogP) is 6.95. The van der Waals surface area contributed by atoms with Gasteiger partial charge in [-0.15, -0.1) is 23.1 Å². The molecule has 35 heavy (non-hydrogen) atoms. The molecule has 2 aromatic heterocycles. The maximum absolute atomic E-state index is 15.6. The number of rotatable bonds is 11. The molecule has 2 unspecified atom stereocenters. The molecule has 0 bridgehead atoms. The number of halogens is 2. The van der Waals surface area contributed by atoms with Gasteiger partial charge in [0.1, 0.15) is 11.9 Å². The molecule has 1 aliphatic rings. The third-order valence-electron chi connectivity index (χ3n) is 6.73. The number of aliphatic carboxylic acids is 1. The average molecular weight is 537 g/mol. The Morgan fingerprint density at radius 2 is 2.26 bits per heavy atom. The van der Waals surface area contributed by atoms with Gasteiger partial charge in [0, 0.05) is 42.4 Å². The first-order valence-corrected chi connectivity index (χ1v) is 14.1. The summed E-state index contributed by atoms with van der Waals surface area (Å²) >= 11 is 9.97. The Bertz CT molecular complexity index is 1130. The van der Waals surface area contributed by atoms with E-state index in [1.165, 1.54) is 10.4 Å². The molecular weight excluding hydrogens is 507 g/mol. The second-order valence-electron chi connectivity index (χ2n) is 8.94. The van der Waals surface area contributed by atoms with Gasteiger partial charge >= 0.3 is 5.97 Å². The minimum absolute atomic E-state index is 0.0185. The highest BCUT2D eigenvalue weighted by Gasteiger charge is 2.31. The van der Waals surface area contributed by atoms with Gasteiger partial charge in [0.2, 0.25) is 0 Å². The topological polar surface area (TPSA) is 62.7 Å². The van der Waals surface area contributed by atoms with Gasteiger partial charge in [0.05, 0.1) is 21.9 Å². The number of methoxy groups -OCH3 is 1. The van der Waals surface area contributed by atoms with E-state index in [2.05, 4.69) is 27.4 Å². The van der Waals surface area contributed by atoms with Crippen molar-refractivity contribution in [1.29, 1.82) is 0 Å². The largest absolute Gasteiger partial charge is 0.497 e. The first-order chi connectivity index (χ1) is 16.9. The van der Waals surface area contributed by atoms with Crippen LogP contribution in [-0.2, 0) is 4.79 Å². The second-order valence-corrected chi connectivity index (χ2v) is 11.7. The molecule has 5 nitrogen and oxygen atoms in total. The molecule has 1 aromatic carbocycles. The molecule has 9 heteroatoms. The van der Waals surface area contributed by atoms with E-state index < -0.39 is 12.1 Å². The summed E-state index contributed by atoms with van der Waals surface area (Å²) < 4.78 is 22.2. The van der Waals surface area contributed by atoms with Gasteiger partial charge in [0.25, 0.3) is 0 Å². The third kappa shape index (κ3) is 6.88. The third-order valence-corrected chi connectivity index (χ3v) is 9.14. The molecular formula is C26H30ClFN2O3S2. The van der Waals surface area contributed by atoms with Gasteiger partial charge in [-0.1, -0.05) is 17.7 Å². The van der Waals surface area contributed by atoms with Crippen molar-refractivity contribution in [2.24, 2.45) is 11.8 Å². The number of pyridine rings is 1. The van der Waals surface area contributed by atoms with Crippen LogP contribution in [-0.4, -0.2) is 53.5 Å². The predicted molar refractivity (Wildman–Crippen MR) is 142 cm³/mol. The Kier molecular flexibility index (Phi) is 9.27. The zero-order valence-electron chi connectivity index (χ0n) is 19.7. The number of aromatic nitrogens is 1. The molecule has 1 N–H and O–H groups in total. The lowest BCUT2D eigenvalue weighted by molar-refractivity contribution is -0.139. The minimum atomic E-state index is -1.26. The first-order valence-electron chi connectivity index (χ1n) is 11.8. The summed E-state index contributed by atoms with van der Waals surface area (Å²) in [7, 11) is 1.57. The molecule has 0 saturated carbocycles. The van der Waals surface area contributed by atoms with E-state index in [1.807, 2.05) is 11.8 Å². The van der Waals surface area contributed by atoms with Crippen LogP contribution < -0.4 is 4.74 Å². The number of carboxylic acid groups (broad SMARTS) is 1. The van der Waals surface area contributed by atoms with Crippen molar-refractivity contribution in [3.63, 3.8) is 0 Å². The van der Waals surface area contributed by atoms with Gasteiger partial charge in [-0.2, -0.15) is 0 Å². The molecule has 3 heterocycles. The van der Waals surface area contributed by atoms with Gasteiger partial charge in [-0.05, 0) is 67.3 Å². The standard InChI is InChI=1S/C26H30ClFN2O3S2/c1-33-19-5-7-23-20(14-19)26(21(27)15-29-23)22(28)6-4-17-8-9-30(16-18(17)13-24(31)32)10-12-35-25-3-2-11-34-25/h2-3,5,7,11,14-15,17-18,22H,4,6,8-10,12-13,16H2,1H3,(H,31,32)/t17?,18?,22-/m1/s1. The second kappa shape index (κ2) is 12.4. The number of alkyl halides is 1. The van der Waals surface area contributed by atoms with E-state index in [9.17, 15) is 9.90 Å². The van der Waals surface area contributed by atoms with Crippen molar-refractivity contribution in [2.45, 2.75) is 36.1 Å². The highest BCUT2D eigenvalue weighted by molar-refractivity contribution is 8.01. The molecule has 4 rings (SSSR count). The van der Waals surface area contributed by atoms with Crippen LogP contribution in [0.3, 0.4) is 0 Å². The van der Waals surface area contributed by atoms with Gasteiger partial charge in [-0.25, -0.2) is 4.39 Å². The molecule has 0 spiro atoms. The van der Waals surface area contributed by atoms with Crippen LogP contribution in [0.4, 0.5) is 4.39 Å². The van der Waals surface area contributed by atoms with E-state index in [1.54, 1.807) is 36.6 Å². The summed E-state index contributed by atoms with van der Waals surface area (Å²) in [6.45, 7) is 2.59. The molecule has 3 atom stereocenters. The summed E-state index contributed by atoms with van der Waals surface area (Å²) in [6, 6.07) is 9.55. The molecule has 1 aliphatic heterocycles. The number of piperidine rings is 1. The first kappa shape index (κ1) is 26.2. The minimum Gasteiger partial charge on any atom is -0.497 e. The van der Waals surface area contributed by atoms with Crippen LogP contribution in [0.2, 0.25) is 5.02 Å². The fraction of sp³-hybridized carbons (Fsp3) is 0.462. The molecule has 0 radical (unpaired) electrons.